The fraction of sp³-hybridized carbons (Fsp3) is 0.292. The number of nitrogens with one attached hydrogen (secondary N) is 2. The van der Waals surface area contributed by atoms with Gasteiger partial charge in [0.05, 0.1) is 5.56 Å². The Kier molecular flexibility index (Phi) is 6.51. The van der Waals surface area contributed by atoms with Gasteiger partial charge in [0.25, 0.3) is 15.9 Å². The van der Waals surface area contributed by atoms with Crippen LogP contribution in [0.15, 0.2) is 65.8 Å². The van der Waals surface area contributed by atoms with Crippen LogP contribution in [-0.2, 0) is 10.0 Å². The van der Waals surface area contributed by atoms with Crippen LogP contribution in [0.4, 0.5) is 17.3 Å². The first kappa shape index (κ1) is 24.0. The summed E-state index contributed by atoms with van der Waals surface area (Å²) in [4.78, 5) is 23.7. The van der Waals surface area contributed by atoms with Gasteiger partial charge in [0.15, 0.2) is 5.03 Å². The van der Waals surface area contributed by atoms with Crippen molar-refractivity contribution < 1.29 is 13.2 Å². The number of hydrogen-bond donors (Lipinski definition) is 2. The Morgan fingerprint density at radius 1 is 1.15 bits per heavy atom. The van der Waals surface area contributed by atoms with Gasteiger partial charge in [-0.2, -0.15) is 8.42 Å². The highest BCUT2D eigenvalue weighted by Crippen LogP contribution is 2.37. The minimum atomic E-state index is -4.23. The Hall–Kier alpha value is -3.17. The Labute approximate surface area is 204 Å². The molecule has 2 aromatic heterocycles. The second-order valence-electron chi connectivity index (χ2n) is 9.04. The lowest BCUT2D eigenvalue weighted by Crippen LogP contribution is -2.41. The van der Waals surface area contributed by atoms with E-state index in [0.717, 1.165) is 13.0 Å². The molecule has 0 aliphatic carbocycles. The number of rotatable bonds is 6. The van der Waals surface area contributed by atoms with Crippen LogP contribution in [0.3, 0.4) is 0 Å². The van der Waals surface area contributed by atoms with Gasteiger partial charge in [0.2, 0.25) is 0 Å². The van der Waals surface area contributed by atoms with E-state index >= 15 is 0 Å². The number of halogens is 1. The van der Waals surface area contributed by atoms with Gasteiger partial charge in [-0.1, -0.05) is 30.7 Å². The van der Waals surface area contributed by atoms with Crippen LogP contribution in [0.2, 0.25) is 5.02 Å². The molecule has 1 aromatic carbocycles. The van der Waals surface area contributed by atoms with Gasteiger partial charge in [-0.05, 0) is 68.7 Å². The van der Waals surface area contributed by atoms with Crippen molar-refractivity contribution >= 4 is 44.9 Å². The molecule has 3 heterocycles. The summed E-state index contributed by atoms with van der Waals surface area (Å²) in [5, 5.41) is 3.26. The normalized spacial score (nSPS) is 17.4. The van der Waals surface area contributed by atoms with E-state index in [4.69, 9.17) is 11.6 Å². The van der Waals surface area contributed by atoms with E-state index in [-0.39, 0.29) is 16.1 Å². The Morgan fingerprint density at radius 2 is 1.91 bits per heavy atom. The molecule has 1 fully saturated rings. The van der Waals surface area contributed by atoms with E-state index in [2.05, 4.69) is 45.7 Å². The molecule has 2 N–H and O–H groups in total. The Bertz CT molecular complexity index is 1330. The van der Waals surface area contributed by atoms with Gasteiger partial charge >= 0.3 is 0 Å². The molecular formula is C24H26ClN5O3S. The van der Waals surface area contributed by atoms with Crippen molar-refractivity contribution in [3.05, 3.63) is 71.4 Å². The zero-order valence-corrected chi connectivity index (χ0v) is 20.7. The summed E-state index contributed by atoms with van der Waals surface area (Å²) in [6.45, 7) is 7.05. The lowest BCUT2D eigenvalue weighted by Gasteiger charge is -2.33. The summed E-state index contributed by atoms with van der Waals surface area (Å²) in [5.41, 5.74) is 0.645. The number of carbonyl (C=O) groups excluding carboxylic acids is 1. The second-order valence-corrected chi connectivity index (χ2v) is 11.1. The predicted octanol–water partition coefficient (Wildman–Crippen LogP) is 4.62. The summed E-state index contributed by atoms with van der Waals surface area (Å²) in [5.74, 6) is 0.436. The summed E-state index contributed by atoms with van der Waals surface area (Å²) in [7, 11) is -4.23. The van der Waals surface area contributed by atoms with Crippen LogP contribution in [0.25, 0.3) is 0 Å². The van der Waals surface area contributed by atoms with E-state index in [1.807, 2.05) is 0 Å². The van der Waals surface area contributed by atoms with Gasteiger partial charge in [-0.15, -0.1) is 0 Å². The molecule has 1 amide bonds. The van der Waals surface area contributed by atoms with Gasteiger partial charge in [0, 0.05) is 29.0 Å². The number of nitrogens with zero attached hydrogens (tertiary/aromatic N) is 3. The van der Waals surface area contributed by atoms with Gasteiger partial charge in [0.1, 0.15) is 11.6 Å². The third kappa shape index (κ3) is 5.15. The Balaban J connectivity index is 1.58. The SMILES string of the molecule is CC1CN(c2ncccc2C(=O)NS(=O)(=O)c2cccc(Nc3cccc(Cl)c3)n2)C(C)(C)C1. The molecule has 0 spiro atoms. The van der Waals surface area contributed by atoms with Crippen molar-refractivity contribution in [3.8, 4) is 0 Å². The highest BCUT2D eigenvalue weighted by molar-refractivity contribution is 7.90. The smallest absolute Gasteiger partial charge is 0.281 e. The second kappa shape index (κ2) is 9.23. The van der Waals surface area contributed by atoms with Crippen molar-refractivity contribution in [2.45, 2.75) is 37.8 Å². The zero-order valence-electron chi connectivity index (χ0n) is 19.1. The average molecular weight is 500 g/mol. The van der Waals surface area contributed by atoms with Crippen molar-refractivity contribution in [2.75, 3.05) is 16.8 Å². The maximum Gasteiger partial charge on any atom is 0.281 e. The third-order valence-corrected chi connectivity index (χ3v) is 7.15. The minimum Gasteiger partial charge on any atom is -0.351 e. The largest absolute Gasteiger partial charge is 0.351 e. The summed E-state index contributed by atoms with van der Waals surface area (Å²) >= 11 is 6.00. The number of hydrogen-bond acceptors (Lipinski definition) is 7. The van der Waals surface area contributed by atoms with E-state index in [1.54, 1.807) is 54.7 Å². The van der Waals surface area contributed by atoms with Crippen LogP contribution in [0.5, 0.6) is 0 Å². The third-order valence-electron chi connectivity index (χ3n) is 5.68. The molecule has 3 aromatic rings. The molecule has 1 atom stereocenters. The van der Waals surface area contributed by atoms with Crippen LogP contribution < -0.4 is 14.9 Å². The molecule has 178 valence electrons. The number of anilines is 3. The molecule has 0 bridgehead atoms. The van der Waals surface area contributed by atoms with Crippen molar-refractivity contribution in [2.24, 2.45) is 5.92 Å². The lowest BCUT2D eigenvalue weighted by molar-refractivity contribution is 0.0981. The number of amides is 1. The number of benzene rings is 1. The van der Waals surface area contributed by atoms with Crippen molar-refractivity contribution in [3.63, 3.8) is 0 Å². The first-order valence-corrected chi connectivity index (χ1v) is 12.7. The Morgan fingerprint density at radius 3 is 2.62 bits per heavy atom. The molecule has 1 aliphatic rings. The molecular weight excluding hydrogens is 474 g/mol. The molecule has 8 nitrogen and oxygen atoms in total. The average Bonchev–Trinajstić information content (AvgIpc) is 3.05. The van der Waals surface area contributed by atoms with Crippen LogP contribution in [-0.4, -0.2) is 36.4 Å². The predicted molar refractivity (Wildman–Crippen MR) is 133 cm³/mol. The minimum absolute atomic E-state index is 0.196. The molecule has 1 saturated heterocycles. The lowest BCUT2D eigenvalue weighted by atomic mass is 9.97. The highest BCUT2D eigenvalue weighted by Gasteiger charge is 2.39. The molecule has 1 aliphatic heterocycles. The van der Waals surface area contributed by atoms with E-state index in [1.165, 1.54) is 6.07 Å². The molecule has 1 unspecified atom stereocenters. The fourth-order valence-electron chi connectivity index (χ4n) is 4.33. The molecule has 10 heteroatoms. The molecule has 0 radical (unpaired) electrons. The maximum atomic E-state index is 13.1. The number of pyridine rings is 2. The molecule has 4 rings (SSSR count). The number of aromatic nitrogens is 2. The quantitative estimate of drug-likeness (QED) is 0.510. The maximum absolute atomic E-state index is 13.1. The van der Waals surface area contributed by atoms with E-state index in [0.29, 0.717) is 28.3 Å². The molecule has 34 heavy (non-hydrogen) atoms. The standard InChI is InChI=1S/C24H26ClN5O3S/c1-16-14-24(2,3)30(15-16)22-19(9-6-12-26-22)23(31)29-34(32,33)21-11-5-10-20(28-21)27-18-8-4-7-17(25)13-18/h4-13,16H,14-15H2,1-3H3,(H,27,28)(H,29,31). The van der Waals surface area contributed by atoms with E-state index < -0.39 is 15.9 Å². The van der Waals surface area contributed by atoms with E-state index in [9.17, 15) is 13.2 Å². The summed E-state index contributed by atoms with van der Waals surface area (Å²) < 4.78 is 28.2. The summed E-state index contributed by atoms with van der Waals surface area (Å²) in [6.07, 6.45) is 2.55. The first-order chi connectivity index (χ1) is 16.0. The van der Waals surface area contributed by atoms with Crippen LogP contribution >= 0.6 is 11.6 Å². The van der Waals surface area contributed by atoms with Crippen molar-refractivity contribution in [1.82, 2.24) is 14.7 Å². The van der Waals surface area contributed by atoms with Crippen molar-refractivity contribution in [1.29, 1.82) is 0 Å². The number of sulfonamides is 1. The fourth-order valence-corrected chi connectivity index (χ4v) is 5.45. The molecule has 0 saturated carbocycles. The number of carbonyl (C=O) groups is 1. The first-order valence-electron chi connectivity index (χ1n) is 10.8. The van der Waals surface area contributed by atoms with Gasteiger partial charge in [-0.25, -0.2) is 14.7 Å². The monoisotopic (exact) mass is 499 g/mol. The topological polar surface area (TPSA) is 104 Å². The van der Waals surface area contributed by atoms with Gasteiger partial charge in [-0.3, -0.25) is 4.79 Å². The zero-order chi connectivity index (χ0) is 24.5. The highest BCUT2D eigenvalue weighted by atomic mass is 35.5. The van der Waals surface area contributed by atoms with Gasteiger partial charge < -0.3 is 10.2 Å². The van der Waals surface area contributed by atoms with Crippen LogP contribution in [0.1, 0.15) is 37.6 Å². The van der Waals surface area contributed by atoms with Crippen LogP contribution in [0, 0.1) is 5.92 Å². The summed E-state index contributed by atoms with van der Waals surface area (Å²) in [6, 6.07) is 14.7.